The number of amidine groups is 1. The molecule has 0 aliphatic carbocycles. The molecule has 1 aromatic carbocycles. The van der Waals surface area contributed by atoms with Crippen LogP contribution in [0, 0.1) is 0 Å². The molecule has 0 radical (unpaired) electrons. The van der Waals surface area contributed by atoms with E-state index < -0.39 is 0 Å². The molecule has 0 bridgehead atoms. The fourth-order valence-electron chi connectivity index (χ4n) is 1.57. The van der Waals surface area contributed by atoms with Crippen molar-refractivity contribution in [3.8, 4) is 0 Å². The lowest BCUT2D eigenvalue weighted by molar-refractivity contribution is 0.281. The number of thioether (sulfide) groups is 1. The lowest BCUT2D eigenvalue weighted by atomic mass is 10.2. The molecular weight excluding hydrogens is 289 g/mol. The Morgan fingerprint density at radius 1 is 1.39 bits per heavy atom. The molecule has 0 atom stereocenters. The Bertz CT molecular complexity index is 431. The van der Waals surface area contributed by atoms with E-state index in [9.17, 15) is 0 Å². The second kappa shape index (κ2) is 6.66. The minimum absolute atomic E-state index is 0.710. The molecule has 0 unspecified atom stereocenters. The van der Waals surface area contributed by atoms with Crippen LogP contribution in [0.15, 0.2) is 23.2 Å². The summed E-state index contributed by atoms with van der Waals surface area (Å²) in [6.45, 7) is 4.73. The zero-order valence-corrected chi connectivity index (χ0v) is 12.4. The van der Waals surface area contributed by atoms with Crippen molar-refractivity contribution < 1.29 is 0 Å². The summed E-state index contributed by atoms with van der Waals surface area (Å²) in [7, 11) is 0. The van der Waals surface area contributed by atoms with Crippen LogP contribution < -0.4 is 5.32 Å². The van der Waals surface area contributed by atoms with Crippen LogP contribution in [0.5, 0.6) is 0 Å². The third-order valence-electron chi connectivity index (χ3n) is 2.73. The topological polar surface area (TPSA) is 27.6 Å². The molecule has 6 heteroatoms. The summed E-state index contributed by atoms with van der Waals surface area (Å²) in [4.78, 5) is 6.68. The number of halogens is 2. The van der Waals surface area contributed by atoms with E-state index in [0.29, 0.717) is 10.0 Å². The van der Waals surface area contributed by atoms with Gasteiger partial charge in [0.05, 0.1) is 13.3 Å². The highest BCUT2D eigenvalue weighted by atomic mass is 35.5. The van der Waals surface area contributed by atoms with Gasteiger partial charge < -0.3 is 5.32 Å². The lowest BCUT2D eigenvalue weighted by Gasteiger charge is -2.25. The van der Waals surface area contributed by atoms with E-state index in [2.05, 4.69) is 22.1 Å². The maximum absolute atomic E-state index is 6.13. The molecule has 1 heterocycles. The van der Waals surface area contributed by atoms with Crippen LogP contribution in [0.3, 0.4) is 0 Å². The predicted octanol–water partition coefficient (Wildman–Crippen LogP) is 3.42. The number of benzene rings is 1. The van der Waals surface area contributed by atoms with Gasteiger partial charge in [0.2, 0.25) is 0 Å². The fourth-order valence-corrected chi connectivity index (χ4v) is 3.17. The van der Waals surface area contributed by atoms with Crippen LogP contribution >= 0.6 is 35.0 Å². The van der Waals surface area contributed by atoms with E-state index in [0.717, 1.165) is 36.4 Å². The molecule has 0 amide bonds. The van der Waals surface area contributed by atoms with Crippen molar-refractivity contribution in [2.45, 2.75) is 12.7 Å². The van der Waals surface area contributed by atoms with Gasteiger partial charge in [-0.3, -0.25) is 4.90 Å². The van der Waals surface area contributed by atoms with Crippen LogP contribution in [0.1, 0.15) is 12.5 Å². The average molecular weight is 304 g/mol. The van der Waals surface area contributed by atoms with Crippen LogP contribution in [0.4, 0.5) is 0 Å². The van der Waals surface area contributed by atoms with E-state index in [-0.39, 0.29) is 0 Å². The van der Waals surface area contributed by atoms with Gasteiger partial charge in [-0.1, -0.05) is 48.0 Å². The van der Waals surface area contributed by atoms with Gasteiger partial charge in [-0.2, -0.15) is 0 Å². The maximum Gasteiger partial charge on any atom is 0.159 e. The molecule has 2 rings (SSSR count). The van der Waals surface area contributed by atoms with Crippen molar-refractivity contribution in [1.29, 1.82) is 0 Å². The molecule has 0 aromatic heterocycles. The molecule has 98 valence electrons. The molecule has 0 spiro atoms. The standard InChI is InChI=1S/C12H15Cl2N3S/c1-2-17-7-15-12(16-8-17)18-6-9-10(13)4-3-5-11(9)14/h3-5H,2,6-8H2,1H3,(H,15,16). The minimum atomic E-state index is 0.710. The maximum atomic E-state index is 6.13. The molecule has 1 N–H and O–H groups in total. The molecule has 1 aromatic rings. The quantitative estimate of drug-likeness (QED) is 0.927. The average Bonchev–Trinajstić information content (AvgIpc) is 2.39. The number of aliphatic imine (C=N–C) groups is 1. The molecule has 0 fully saturated rings. The molecular formula is C12H15Cl2N3S. The third kappa shape index (κ3) is 3.54. The summed E-state index contributed by atoms with van der Waals surface area (Å²) < 4.78 is 0. The third-order valence-corrected chi connectivity index (χ3v) is 4.42. The van der Waals surface area contributed by atoms with E-state index in [4.69, 9.17) is 23.2 Å². The molecule has 18 heavy (non-hydrogen) atoms. The fraction of sp³-hybridized carbons (Fsp3) is 0.417. The van der Waals surface area contributed by atoms with Crippen molar-refractivity contribution in [2.24, 2.45) is 4.99 Å². The molecule has 1 aliphatic heterocycles. The van der Waals surface area contributed by atoms with Crippen LogP contribution in [0.2, 0.25) is 10.0 Å². The van der Waals surface area contributed by atoms with Gasteiger partial charge in [-0.05, 0) is 24.2 Å². The van der Waals surface area contributed by atoms with Gasteiger partial charge in [0.1, 0.15) is 0 Å². The van der Waals surface area contributed by atoms with Crippen LogP contribution in [-0.2, 0) is 5.75 Å². The Balaban J connectivity index is 1.94. The van der Waals surface area contributed by atoms with Gasteiger partial charge in [0.25, 0.3) is 0 Å². The summed E-state index contributed by atoms with van der Waals surface area (Å²) in [6.07, 6.45) is 0. The summed E-state index contributed by atoms with van der Waals surface area (Å²) >= 11 is 13.9. The zero-order valence-electron chi connectivity index (χ0n) is 10.1. The summed E-state index contributed by atoms with van der Waals surface area (Å²) in [6, 6.07) is 5.57. The van der Waals surface area contributed by atoms with E-state index >= 15 is 0 Å². The van der Waals surface area contributed by atoms with Crippen molar-refractivity contribution >= 4 is 40.1 Å². The second-order valence-electron chi connectivity index (χ2n) is 3.92. The Morgan fingerprint density at radius 3 is 2.67 bits per heavy atom. The first kappa shape index (κ1) is 14.0. The number of nitrogens with one attached hydrogen (secondary N) is 1. The predicted molar refractivity (Wildman–Crippen MR) is 80.4 cm³/mol. The van der Waals surface area contributed by atoms with Gasteiger partial charge in [0, 0.05) is 15.8 Å². The molecule has 3 nitrogen and oxygen atoms in total. The van der Waals surface area contributed by atoms with Gasteiger partial charge >= 0.3 is 0 Å². The SMILES string of the molecule is CCN1CN=C(SCc2c(Cl)cccc2Cl)NC1. The molecule has 0 saturated carbocycles. The number of rotatable bonds is 3. The zero-order chi connectivity index (χ0) is 13.0. The first-order valence-electron chi connectivity index (χ1n) is 5.77. The van der Waals surface area contributed by atoms with E-state index in [1.54, 1.807) is 11.8 Å². The summed E-state index contributed by atoms with van der Waals surface area (Å²) in [5.41, 5.74) is 0.966. The van der Waals surface area contributed by atoms with Crippen LogP contribution in [-0.4, -0.2) is 29.9 Å². The first-order valence-corrected chi connectivity index (χ1v) is 7.51. The van der Waals surface area contributed by atoms with Crippen molar-refractivity contribution in [3.05, 3.63) is 33.8 Å². The Morgan fingerprint density at radius 2 is 2.11 bits per heavy atom. The number of nitrogens with zero attached hydrogens (tertiary/aromatic N) is 2. The van der Waals surface area contributed by atoms with Crippen molar-refractivity contribution in [3.63, 3.8) is 0 Å². The second-order valence-corrected chi connectivity index (χ2v) is 5.69. The number of hydrogen-bond acceptors (Lipinski definition) is 4. The number of hydrogen-bond donors (Lipinski definition) is 1. The Labute approximate surface area is 122 Å². The van der Waals surface area contributed by atoms with Gasteiger partial charge in [-0.15, -0.1) is 0 Å². The van der Waals surface area contributed by atoms with Gasteiger partial charge in [-0.25, -0.2) is 4.99 Å². The Hall–Kier alpha value is -0.420. The highest BCUT2D eigenvalue weighted by Gasteiger charge is 2.12. The van der Waals surface area contributed by atoms with Crippen molar-refractivity contribution in [2.75, 3.05) is 19.9 Å². The van der Waals surface area contributed by atoms with Crippen LogP contribution in [0.25, 0.3) is 0 Å². The molecule has 1 aliphatic rings. The normalized spacial score (nSPS) is 16.3. The van der Waals surface area contributed by atoms with E-state index in [1.165, 1.54) is 0 Å². The Kier molecular flexibility index (Phi) is 5.18. The monoisotopic (exact) mass is 303 g/mol. The smallest absolute Gasteiger partial charge is 0.159 e. The largest absolute Gasteiger partial charge is 0.352 e. The highest BCUT2D eigenvalue weighted by molar-refractivity contribution is 8.13. The molecule has 0 saturated heterocycles. The summed E-state index contributed by atoms with van der Waals surface area (Å²) in [5.74, 6) is 0.733. The van der Waals surface area contributed by atoms with E-state index in [1.807, 2.05) is 18.2 Å². The first-order chi connectivity index (χ1) is 8.70. The van der Waals surface area contributed by atoms with Crippen molar-refractivity contribution in [1.82, 2.24) is 10.2 Å². The lowest BCUT2D eigenvalue weighted by Crippen LogP contribution is -2.41. The van der Waals surface area contributed by atoms with Gasteiger partial charge in [0.15, 0.2) is 5.17 Å². The minimum Gasteiger partial charge on any atom is -0.352 e. The summed E-state index contributed by atoms with van der Waals surface area (Å²) in [5, 5.41) is 5.66. The highest BCUT2D eigenvalue weighted by Crippen LogP contribution is 2.28.